The van der Waals surface area contributed by atoms with Crippen molar-refractivity contribution in [2.45, 2.75) is 6.18 Å². The standard InChI is InChI=1S/C16H9F4N3O2/c17-12-6-5-11(16(18,19)20)7-14(12)23-8-13(21-22-23)9-1-3-10(4-2-9)15(24)25/h1-8H,(H,24,25). The van der Waals surface area contributed by atoms with Crippen LogP contribution in [0.3, 0.4) is 0 Å². The van der Waals surface area contributed by atoms with Gasteiger partial charge in [-0.15, -0.1) is 5.10 Å². The topological polar surface area (TPSA) is 68.0 Å². The van der Waals surface area contributed by atoms with Crippen molar-refractivity contribution in [3.05, 3.63) is 65.6 Å². The van der Waals surface area contributed by atoms with E-state index in [1.807, 2.05) is 0 Å². The number of carboxylic acids is 1. The quantitative estimate of drug-likeness (QED) is 0.729. The molecule has 0 aliphatic carbocycles. The molecule has 1 N–H and O–H groups in total. The predicted octanol–water partition coefficient (Wildman–Crippen LogP) is 3.79. The Hall–Kier alpha value is -3.23. The number of halogens is 4. The molecular formula is C16H9F4N3O2. The van der Waals surface area contributed by atoms with Gasteiger partial charge in [-0.3, -0.25) is 0 Å². The van der Waals surface area contributed by atoms with E-state index in [2.05, 4.69) is 10.3 Å². The Morgan fingerprint density at radius 2 is 1.76 bits per heavy atom. The molecule has 9 heteroatoms. The molecule has 0 aliphatic heterocycles. The number of benzene rings is 2. The molecule has 0 radical (unpaired) electrons. The minimum Gasteiger partial charge on any atom is -0.478 e. The maximum atomic E-state index is 13.9. The number of hydrogen-bond donors (Lipinski definition) is 1. The van der Waals surface area contributed by atoms with Gasteiger partial charge in [0.25, 0.3) is 0 Å². The Morgan fingerprint density at radius 3 is 2.36 bits per heavy atom. The van der Waals surface area contributed by atoms with Gasteiger partial charge in [0.15, 0.2) is 0 Å². The molecule has 1 heterocycles. The van der Waals surface area contributed by atoms with Gasteiger partial charge in [-0.1, -0.05) is 17.3 Å². The maximum absolute atomic E-state index is 13.9. The molecule has 0 saturated heterocycles. The van der Waals surface area contributed by atoms with Crippen molar-refractivity contribution < 1.29 is 27.5 Å². The summed E-state index contributed by atoms with van der Waals surface area (Å²) in [6.07, 6.45) is -3.35. The van der Waals surface area contributed by atoms with E-state index in [1.165, 1.54) is 30.5 Å². The average Bonchev–Trinajstić information content (AvgIpc) is 3.04. The van der Waals surface area contributed by atoms with Crippen LogP contribution in [0.1, 0.15) is 15.9 Å². The molecule has 0 unspecified atom stereocenters. The second-order valence-electron chi connectivity index (χ2n) is 5.09. The molecule has 2 aromatic carbocycles. The van der Waals surface area contributed by atoms with E-state index in [0.717, 1.165) is 4.68 Å². The number of carboxylic acid groups (broad SMARTS) is 1. The zero-order chi connectivity index (χ0) is 18.2. The number of aromatic nitrogens is 3. The molecule has 0 atom stereocenters. The molecule has 1 aromatic heterocycles. The molecule has 0 bridgehead atoms. The molecule has 0 saturated carbocycles. The summed E-state index contributed by atoms with van der Waals surface area (Å²) in [5.41, 5.74) is -0.583. The van der Waals surface area contributed by atoms with Gasteiger partial charge < -0.3 is 5.11 Å². The third kappa shape index (κ3) is 3.35. The number of rotatable bonds is 3. The average molecular weight is 351 g/mol. The molecule has 0 spiro atoms. The summed E-state index contributed by atoms with van der Waals surface area (Å²) in [4.78, 5) is 10.8. The minimum absolute atomic E-state index is 0.0695. The van der Waals surface area contributed by atoms with Crippen LogP contribution in [0.2, 0.25) is 0 Å². The first kappa shape index (κ1) is 16.6. The van der Waals surface area contributed by atoms with Gasteiger partial charge in [0.05, 0.1) is 17.3 Å². The van der Waals surface area contributed by atoms with E-state index in [1.54, 1.807) is 0 Å². The molecule has 3 rings (SSSR count). The zero-order valence-corrected chi connectivity index (χ0v) is 12.3. The Labute approximate surface area is 138 Å². The normalized spacial score (nSPS) is 11.5. The molecule has 5 nitrogen and oxygen atoms in total. The first-order valence-corrected chi connectivity index (χ1v) is 6.89. The number of alkyl halides is 3. The maximum Gasteiger partial charge on any atom is 0.416 e. The summed E-state index contributed by atoms with van der Waals surface area (Å²) in [5.74, 6) is -1.98. The van der Waals surface area contributed by atoms with E-state index < -0.39 is 29.2 Å². The van der Waals surface area contributed by atoms with Crippen LogP contribution in [0.5, 0.6) is 0 Å². The lowest BCUT2D eigenvalue weighted by molar-refractivity contribution is -0.137. The number of carbonyl (C=O) groups is 1. The molecule has 25 heavy (non-hydrogen) atoms. The molecule has 0 amide bonds. The Morgan fingerprint density at radius 1 is 1.08 bits per heavy atom. The van der Waals surface area contributed by atoms with Crippen LogP contribution in [-0.2, 0) is 6.18 Å². The van der Waals surface area contributed by atoms with Gasteiger partial charge in [-0.05, 0) is 30.3 Å². The molecular weight excluding hydrogens is 342 g/mol. The molecule has 3 aromatic rings. The van der Waals surface area contributed by atoms with Gasteiger partial charge in [0.2, 0.25) is 0 Å². The van der Waals surface area contributed by atoms with Crippen molar-refractivity contribution in [2.75, 3.05) is 0 Å². The monoisotopic (exact) mass is 351 g/mol. The van der Waals surface area contributed by atoms with E-state index in [0.29, 0.717) is 23.8 Å². The summed E-state index contributed by atoms with van der Waals surface area (Å²) in [6.45, 7) is 0. The smallest absolute Gasteiger partial charge is 0.416 e. The van der Waals surface area contributed by atoms with E-state index >= 15 is 0 Å². The van der Waals surface area contributed by atoms with Crippen molar-refractivity contribution in [3.63, 3.8) is 0 Å². The van der Waals surface area contributed by atoms with Crippen LogP contribution in [0.4, 0.5) is 17.6 Å². The van der Waals surface area contributed by atoms with E-state index in [-0.39, 0.29) is 11.3 Å². The largest absolute Gasteiger partial charge is 0.478 e. The summed E-state index contributed by atoms with van der Waals surface area (Å²) in [7, 11) is 0. The van der Waals surface area contributed by atoms with Crippen LogP contribution in [0.25, 0.3) is 16.9 Å². The predicted molar refractivity (Wildman–Crippen MR) is 78.7 cm³/mol. The highest BCUT2D eigenvalue weighted by Gasteiger charge is 2.31. The minimum atomic E-state index is -4.61. The summed E-state index contributed by atoms with van der Waals surface area (Å²) in [5, 5.41) is 16.3. The fourth-order valence-corrected chi connectivity index (χ4v) is 2.16. The zero-order valence-electron chi connectivity index (χ0n) is 12.3. The number of hydrogen-bond acceptors (Lipinski definition) is 3. The number of aromatic carboxylic acids is 1. The highest BCUT2D eigenvalue weighted by molar-refractivity contribution is 5.88. The van der Waals surface area contributed by atoms with Crippen molar-refractivity contribution in [3.8, 4) is 16.9 Å². The van der Waals surface area contributed by atoms with Crippen LogP contribution in [-0.4, -0.2) is 26.1 Å². The van der Waals surface area contributed by atoms with Gasteiger partial charge in [0, 0.05) is 5.56 Å². The van der Waals surface area contributed by atoms with Crippen LogP contribution >= 0.6 is 0 Å². The third-order valence-electron chi connectivity index (χ3n) is 3.44. The van der Waals surface area contributed by atoms with Crippen LogP contribution < -0.4 is 0 Å². The van der Waals surface area contributed by atoms with Gasteiger partial charge >= 0.3 is 12.1 Å². The molecule has 0 fully saturated rings. The number of nitrogens with zero attached hydrogens (tertiary/aromatic N) is 3. The fourth-order valence-electron chi connectivity index (χ4n) is 2.16. The van der Waals surface area contributed by atoms with E-state index in [9.17, 15) is 22.4 Å². The first-order chi connectivity index (χ1) is 11.8. The Balaban J connectivity index is 1.97. The van der Waals surface area contributed by atoms with Crippen LogP contribution in [0.15, 0.2) is 48.7 Å². The Bertz CT molecular complexity index is 933. The van der Waals surface area contributed by atoms with Gasteiger partial charge in [0.1, 0.15) is 17.2 Å². The van der Waals surface area contributed by atoms with E-state index in [4.69, 9.17) is 5.11 Å². The van der Waals surface area contributed by atoms with Crippen molar-refractivity contribution in [1.29, 1.82) is 0 Å². The van der Waals surface area contributed by atoms with Gasteiger partial charge in [-0.2, -0.15) is 13.2 Å². The van der Waals surface area contributed by atoms with Gasteiger partial charge in [-0.25, -0.2) is 13.9 Å². The Kier molecular flexibility index (Phi) is 3.99. The lowest BCUT2D eigenvalue weighted by Gasteiger charge is -2.09. The third-order valence-corrected chi connectivity index (χ3v) is 3.44. The lowest BCUT2D eigenvalue weighted by atomic mass is 10.1. The fraction of sp³-hybridized carbons (Fsp3) is 0.0625. The van der Waals surface area contributed by atoms with Crippen LogP contribution in [0, 0.1) is 5.82 Å². The second-order valence-corrected chi connectivity index (χ2v) is 5.09. The molecule has 0 aliphatic rings. The highest BCUT2D eigenvalue weighted by Crippen LogP contribution is 2.31. The van der Waals surface area contributed by atoms with Crippen molar-refractivity contribution in [1.82, 2.24) is 15.0 Å². The SMILES string of the molecule is O=C(O)c1ccc(-c2cn(-c3cc(C(F)(F)F)ccc3F)nn2)cc1. The molecule has 128 valence electrons. The second kappa shape index (κ2) is 6.00. The summed E-state index contributed by atoms with van der Waals surface area (Å²) < 4.78 is 53.1. The summed E-state index contributed by atoms with van der Waals surface area (Å²) in [6, 6.07) is 7.63. The highest BCUT2D eigenvalue weighted by atomic mass is 19.4. The summed E-state index contributed by atoms with van der Waals surface area (Å²) >= 11 is 0. The lowest BCUT2D eigenvalue weighted by Crippen LogP contribution is -2.08. The van der Waals surface area contributed by atoms with Crippen molar-refractivity contribution in [2.24, 2.45) is 0 Å². The first-order valence-electron chi connectivity index (χ1n) is 6.89. The van der Waals surface area contributed by atoms with Crippen molar-refractivity contribution >= 4 is 5.97 Å².